The summed E-state index contributed by atoms with van der Waals surface area (Å²) in [4.78, 5) is 11.2. The molecule has 0 aliphatic carbocycles. The van der Waals surface area contributed by atoms with Crippen LogP contribution in [-0.2, 0) is 0 Å². The van der Waals surface area contributed by atoms with Gasteiger partial charge in [0.05, 0.1) is 22.6 Å². The standard InChI is InChI=1S/C71H46N2/c1-45-32-34-49(42-69(45)72-68(47-20-6-3-7-21-47)39-33-46-18-4-2-5-19-46)64-44-70(50-36-38-61-56-27-11-9-23-52(56)54-25-13-15-29-58(54)66(61)41-50)73-71-62-31-17-16-30-59(62)63(43-67(64)71)48-35-37-60-55-26-10-8-22-51(55)53-24-12-14-28-57(53)65(60)40-48/h2-44H,1H3/b39-33+,72-68?. The highest BCUT2D eigenvalue weighted by Crippen LogP contribution is 2.44. The molecule has 0 saturated carbocycles. The molecule has 1 heterocycles. The van der Waals surface area contributed by atoms with Crippen LogP contribution in [0.2, 0.25) is 0 Å². The monoisotopic (exact) mass is 926 g/mol. The Labute approximate surface area is 423 Å². The molecule has 0 fully saturated rings. The molecule has 0 saturated heterocycles. The number of aromatic nitrogens is 1. The van der Waals surface area contributed by atoms with Gasteiger partial charge < -0.3 is 0 Å². The Hall–Kier alpha value is -9.50. The molecule has 13 aromatic carbocycles. The molecule has 14 aromatic rings. The van der Waals surface area contributed by atoms with Crippen LogP contribution in [-0.4, -0.2) is 10.7 Å². The molecule has 2 heteroatoms. The fourth-order valence-corrected chi connectivity index (χ4v) is 11.4. The number of hydrogen-bond donors (Lipinski definition) is 0. The van der Waals surface area contributed by atoms with E-state index in [-0.39, 0.29) is 0 Å². The van der Waals surface area contributed by atoms with Gasteiger partial charge in [0.1, 0.15) is 0 Å². The van der Waals surface area contributed by atoms with E-state index in [4.69, 9.17) is 9.98 Å². The van der Waals surface area contributed by atoms with E-state index >= 15 is 0 Å². The number of hydrogen-bond acceptors (Lipinski definition) is 2. The Balaban J connectivity index is 1.03. The molecule has 0 radical (unpaired) electrons. The van der Waals surface area contributed by atoms with Gasteiger partial charge in [-0.1, -0.05) is 224 Å². The first-order chi connectivity index (χ1) is 36.1. The van der Waals surface area contributed by atoms with E-state index in [9.17, 15) is 0 Å². The van der Waals surface area contributed by atoms with Crippen molar-refractivity contribution in [3.05, 3.63) is 271 Å². The predicted molar refractivity (Wildman–Crippen MR) is 313 cm³/mol. The third-order valence-corrected chi connectivity index (χ3v) is 15.0. The molecule has 0 amide bonds. The summed E-state index contributed by atoms with van der Waals surface area (Å²) in [5.74, 6) is 0. The summed E-state index contributed by atoms with van der Waals surface area (Å²) in [5.41, 5.74) is 12.6. The van der Waals surface area contributed by atoms with Crippen LogP contribution in [0.1, 0.15) is 16.7 Å². The lowest BCUT2D eigenvalue weighted by atomic mass is 9.88. The van der Waals surface area contributed by atoms with Crippen molar-refractivity contribution in [2.24, 2.45) is 4.99 Å². The molecule has 0 N–H and O–H groups in total. The zero-order valence-electron chi connectivity index (χ0n) is 40.2. The van der Waals surface area contributed by atoms with E-state index in [0.717, 1.165) is 72.1 Å². The van der Waals surface area contributed by atoms with Crippen molar-refractivity contribution in [3.8, 4) is 33.5 Å². The number of benzene rings is 13. The number of aliphatic imine (C=N–C) groups is 1. The summed E-state index contributed by atoms with van der Waals surface area (Å²) < 4.78 is 0. The first-order valence-corrected chi connectivity index (χ1v) is 25.1. The van der Waals surface area contributed by atoms with Crippen molar-refractivity contribution in [1.29, 1.82) is 0 Å². The van der Waals surface area contributed by atoms with Gasteiger partial charge in [-0.2, -0.15) is 0 Å². The maximum Gasteiger partial charge on any atom is 0.0794 e. The summed E-state index contributed by atoms with van der Waals surface area (Å²) in [6.45, 7) is 2.16. The Bertz CT molecular complexity index is 4530. The third-order valence-electron chi connectivity index (χ3n) is 15.0. The number of rotatable bonds is 7. The number of pyridine rings is 1. The van der Waals surface area contributed by atoms with Gasteiger partial charge in [0.2, 0.25) is 0 Å². The second-order valence-corrected chi connectivity index (χ2v) is 19.2. The SMILES string of the molecule is Cc1ccc(-c2cc(-c3ccc4c5ccccc5c5ccccc5c4c3)nc3c2cc(-c2ccc4c5ccccc5c5ccccc5c4c2)c2ccccc23)cc1N=C(/C=C/c1ccccc1)c1ccccc1. The van der Waals surface area contributed by atoms with Crippen molar-refractivity contribution in [2.75, 3.05) is 0 Å². The number of allylic oxidation sites excluding steroid dienone is 1. The molecule has 73 heavy (non-hydrogen) atoms. The normalized spacial score (nSPS) is 12.2. The maximum atomic E-state index is 5.71. The fraction of sp³-hybridized carbons (Fsp3) is 0.0141. The molecule has 0 atom stereocenters. The number of fused-ring (bicyclic) bond motifs is 15. The number of nitrogens with zero attached hydrogens (tertiary/aromatic N) is 2. The molecule has 0 aliphatic rings. The zero-order valence-corrected chi connectivity index (χ0v) is 40.2. The lowest BCUT2D eigenvalue weighted by Gasteiger charge is -2.18. The van der Waals surface area contributed by atoms with Gasteiger partial charge in [0.15, 0.2) is 0 Å². The van der Waals surface area contributed by atoms with Gasteiger partial charge in [-0.15, -0.1) is 0 Å². The average Bonchev–Trinajstić information content (AvgIpc) is 3.46. The Morgan fingerprint density at radius 1 is 0.342 bits per heavy atom. The minimum absolute atomic E-state index is 0.894. The Morgan fingerprint density at radius 2 is 0.767 bits per heavy atom. The van der Waals surface area contributed by atoms with Crippen LogP contribution in [0.15, 0.2) is 260 Å². The lowest BCUT2D eigenvalue weighted by Crippen LogP contribution is -1.97. The van der Waals surface area contributed by atoms with Crippen LogP contribution in [0.4, 0.5) is 5.69 Å². The quantitative estimate of drug-likeness (QED) is 0.115. The average molecular weight is 927 g/mol. The van der Waals surface area contributed by atoms with Crippen LogP contribution < -0.4 is 0 Å². The lowest BCUT2D eigenvalue weighted by molar-refractivity contribution is 1.38. The van der Waals surface area contributed by atoms with E-state index in [1.165, 1.54) is 75.8 Å². The summed E-state index contributed by atoms with van der Waals surface area (Å²) >= 11 is 0. The van der Waals surface area contributed by atoms with Crippen molar-refractivity contribution in [2.45, 2.75) is 6.92 Å². The highest BCUT2D eigenvalue weighted by molar-refractivity contribution is 6.28. The summed E-state index contributed by atoms with van der Waals surface area (Å²) in [5, 5.41) is 18.4. The van der Waals surface area contributed by atoms with Gasteiger partial charge in [0.25, 0.3) is 0 Å². The smallest absolute Gasteiger partial charge is 0.0794 e. The van der Waals surface area contributed by atoms with Crippen molar-refractivity contribution < 1.29 is 0 Å². The molecular formula is C71H46N2. The largest absolute Gasteiger partial charge is 0.248 e. The highest BCUT2D eigenvalue weighted by Gasteiger charge is 2.19. The second-order valence-electron chi connectivity index (χ2n) is 19.2. The van der Waals surface area contributed by atoms with Gasteiger partial charge in [-0.05, 0) is 147 Å². The molecule has 0 bridgehead atoms. The Morgan fingerprint density at radius 3 is 1.34 bits per heavy atom. The fourth-order valence-electron chi connectivity index (χ4n) is 11.4. The van der Waals surface area contributed by atoms with Crippen LogP contribution in [0.3, 0.4) is 0 Å². The van der Waals surface area contributed by atoms with Crippen molar-refractivity contribution >= 4 is 104 Å². The zero-order chi connectivity index (χ0) is 48.4. The summed E-state index contributed by atoms with van der Waals surface area (Å²) in [6, 6.07) is 90.4. The molecule has 0 aliphatic heterocycles. The minimum atomic E-state index is 0.894. The van der Waals surface area contributed by atoms with Gasteiger partial charge in [0, 0.05) is 21.9 Å². The van der Waals surface area contributed by atoms with Crippen LogP contribution in [0, 0.1) is 6.92 Å². The van der Waals surface area contributed by atoms with Crippen LogP contribution >= 0.6 is 0 Å². The van der Waals surface area contributed by atoms with Gasteiger partial charge in [-0.3, -0.25) is 0 Å². The molecule has 340 valence electrons. The summed E-state index contributed by atoms with van der Waals surface area (Å²) in [7, 11) is 0. The first kappa shape index (κ1) is 42.4. The van der Waals surface area contributed by atoms with Gasteiger partial charge in [-0.25, -0.2) is 9.98 Å². The third kappa shape index (κ3) is 7.26. The van der Waals surface area contributed by atoms with E-state index in [1.54, 1.807) is 0 Å². The minimum Gasteiger partial charge on any atom is -0.248 e. The maximum absolute atomic E-state index is 5.71. The van der Waals surface area contributed by atoms with Crippen molar-refractivity contribution in [3.63, 3.8) is 0 Å². The highest BCUT2D eigenvalue weighted by atomic mass is 14.8. The second kappa shape index (κ2) is 17.4. The van der Waals surface area contributed by atoms with Crippen LogP contribution in [0.25, 0.3) is 126 Å². The van der Waals surface area contributed by atoms with E-state index < -0.39 is 0 Å². The molecule has 0 spiro atoms. The molecule has 1 aromatic heterocycles. The van der Waals surface area contributed by atoms with E-state index in [0.29, 0.717) is 0 Å². The first-order valence-electron chi connectivity index (χ1n) is 25.1. The molecule has 0 unspecified atom stereocenters. The predicted octanol–water partition coefficient (Wildman–Crippen LogP) is 19.5. The van der Waals surface area contributed by atoms with E-state index in [2.05, 4.69) is 262 Å². The Kier molecular flexibility index (Phi) is 10.1. The van der Waals surface area contributed by atoms with Crippen LogP contribution in [0.5, 0.6) is 0 Å². The number of aryl methyl sites for hydroxylation is 1. The molecular weight excluding hydrogens is 881 g/mol. The molecule has 14 rings (SSSR count). The molecule has 2 nitrogen and oxygen atoms in total. The topological polar surface area (TPSA) is 25.2 Å². The van der Waals surface area contributed by atoms with Gasteiger partial charge >= 0.3 is 0 Å². The summed E-state index contributed by atoms with van der Waals surface area (Å²) in [6.07, 6.45) is 4.28. The van der Waals surface area contributed by atoms with E-state index in [1.807, 2.05) is 6.07 Å². The van der Waals surface area contributed by atoms with Crippen molar-refractivity contribution in [1.82, 2.24) is 4.98 Å².